The molecule has 0 fully saturated rings. The molecule has 148 valence electrons. The average Bonchev–Trinajstić information content (AvgIpc) is 3.28. The van der Waals surface area contributed by atoms with E-state index in [4.69, 9.17) is 4.74 Å². The van der Waals surface area contributed by atoms with Gasteiger partial charge in [-0.15, -0.1) is 0 Å². The summed E-state index contributed by atoms with van der Waals surface area (Å²) in [7, 11) is 3.59. The van der Waals surface area contributed by atoms with Gasteiger partial charge < -0.3 is 9.64 Å². The van der Waals surface area contributed by atoms with Crippen molar-refractivity contribution in [1.82, 2.24) is 24.5 Å². The fourth-order valence-electron chi connectivity index (χ4n) is 2.74. The highest BCUT2D eigenvalue weighted by Gasteiger charge is 2.18. The molecule has 1 aromatic carbocycles. The van der Waals surface area contributed by atoms with E-state index in [2.05, 4.69) is 52.1 Å². The lowest BCUT2D eigenvalue weighted by Crippen LogP contribution is -2.28. The van der Waals surface area contributed by atoms with E-state index in [9.17, 15) is 4.79 Å². The molecule has 0 saturated carbocycles. The maximum Gasteiger partial charge on any atom is 0.274 e. The van der Waals surface area contributed by atoms with Gasteiger partial charge in [0.15, 0.2) is 12.4 Å². The molecule has 2 aromatic heterocycles. The Bertz CT molecular complexity index is 926. The number of aryl methyl sites for hydroxylation is 1. The van der Waals surface area contributed by atoms with Crippen molar-refractivity contribution >= 4 is 21.8 Å². The third-order valence-corrected chi connectivity index (χ3v) is 5.18. The minimum atomic E-state index is -0.159. The van der Waals surface area contributed by atoms with E-state index in [1.807, 2.05) is 19.2 Å². The van der Waals surface area contributed by atoms with E-state index < -0.39 is 0 Å². The lowest BCUT2D eigenvalue weighted by molar-refractivity contribution is 0.0773. The number of ether oxygens (including phenoxy) is 1. The van der Waals surface area contributed by atoms with Crippen LogP contribution < -0.4 is 4.74 Å². The van der Waals surface area contributed by atoms with Gasteiger partial charge in [0, 0.05) is 20.3 Å². The number of halogens is 1. The summed E-state index contributed by atoms with van der Waals surface area (Å²) in [6.07, 6.45) is 3.46. The van der Waals surface area contributed by atoms with Gasteiger partial charge in [-0.3, -0.25) is 9.48 Å². The Hall–Kier alpha value is -2.61. The number of aromatic nitrogens is 4. The molecule has 28 heavy (non-hydrogen) atoms. The molecule has 0 bridgehead atoms. The molecule has 0 unspecified atom stereocenters. The van der Waals surface area contributed by atoms with Crippen LogP contribution in [0.5, 0.6) is 5.75 Å². The molecule has 0 aliphatic rings. The van der Waals surface area contributed by atoms with E-state index in [1.165, 1.54) is 5.56 Å². The molecule has 0 atom stereocenters. The van der Waals surface area contributed by atoms with Crippen LogP contribution in [-0.2, 0) is 20.3 Å². The van der Waals surface area contributed by atoms with Crippen molar-refractivity contribution in [2.75, 3.05) is 7.05 Å². The fraction of sp³-hybridized carbons (Fsp3) is 0.350. The van der Waals surface area contributed by atoms with Gasteiger partial charge in [0.1, 0.15) is 5.75 Å². The number of hydrogen-bond acceptors (Lipinski definition) is 4. The van der Waals surface area contributed by atoms with Crippen LogP contribution in [0, 0.1) is 0 Å². The van der Waals surface area contributed by atoms with Crippen molar-refractivity contribution in [1.29, 1.82) is 0 Å². The maximum absolute atomic E-state index is 12.6. The zero-order valence-electron chi connectivity index (χ0n) is 16.5. The van der Waals surface area contributed by atoms with E-state index in [0.29, 0.717) is 18.2 Å². The molecule has 1 amide bonds. The summed E-state index contributed by atoms with van der Waals surface area (Å²) < 4.78 is 9.98. The predicted molar refractivity (Wildman–Crippen MR) is 110 cm³/mol. The molecule has 0 N–H and O–H groups in total. The van der Waals surface area contributed by atoms with E-state index >= 15 is 0 Å². The van der Waals surface area contributed by atoms with Crippen molar-refractivity contribution in [3.63, 3.8) is 0 Å². The Kier molecular flexibility index (Phi) is 6.18. The number of amides is 1. The zero-order valence-corrected chi connectivity index (χ0v) is 18.0. The van der Waals surface area contributed by atoms with Gasteiger partial charge in [-0.1, -0.05) is 26.0 Å². The molecular weight excluding hydrogens is 422 g/mol. The highest BCUT2D eigenvalue weighted by molar-refractivity contribution is 9.10. The third kappa shape index (κ3) is 4.62. The van der Waals surface area contributed by atoms with Crippen LogP contribution in [-0.4, -0.2) is 37.4 Å². The second-order valence-corrected chi connectivity index (χ2v) is 7.82. The lowest BCUT2D eigenvalue weighted by Gasteiger charge is -2.16. The smallest absolute Gasteiger partial charge is 0.274 e. The Morgan fingerprint density at radius 3 is 2.57 bits per heavy atom. The van der Waals surface area contributed by atoms with Crippen molar-refractivity contribution in [3.05, 3.63) is 64.1 Å². The number of carbonyl (C=O) groups excluding carboxylic acids is 1. The Morgan fingerprint density at radius 2 is 1.96 bits per heavy atom. The van der Waals surface area contributed by atoms with E-state index in [1.54, 1.807) is 39.8 Å². The highest BCUT2D eigenvalue weighted by atomic mass is 79.9. The van der Waals surface area contributed by atoms with Gasteiger partial charge in [-0.25, -0.2) is 4.68 Å². The standard InChI is InChI=1S/C20H24BrN5O2/c1-14(2)15-5-7-16(8-6-15)28-13-26-10-9-18(23-26)20(27)24(3)12-19-17(21)11-22-25(19)4/h5-11,14H,12-13H2,1-4H3. The van der Waals surface area contributed by atoms with E-state index in [0.717, 1.165) is 15.9 Å². The first kappa shape index (κ1) is 20.1. The molecule has 0 aliphatic carbocycles. The quantitative estimate of drug-likeness (QED) is 0.554. The van der Waals surface area contributed by atoms with Gasteiger partial charge in [0.05, 0.1) is 22.9 Å². The lowest BCUT2D eigenvalue weighted by atomic mass is 10.0. The Labute approximate surface area is 173 Å². The molecule has 3 rings (SSSR count). The van der Waals surface area contributed by atoms with Crippen LogP contribution in [0.25, 0.3) is 0 Å². The number of carbonyl (C=O) groups is 1. The van der Waals surface area contributed by atoms with Gasteiger partial charge in [-0.05, 0) is 45.6 Å². The molecule has 7 nitrogen and oxygen atoms in total. The average molecular weight is 446 g/mol. The number of nitrogens with zero attached hydrogens (tertiary/aromatic N) is 5. The highest BCUT2D eigenvalue weighted by Crippen LogP contribution is 2.19. The maximum atomic E-state index is 12.6. The van der Waals surface area contributed by atoms with Crippen LogP contribution in [0.1, 0.15) is 41.5 Å². The summed E-state index contributed by atoms with van der Waals surface area (Å²) in [5.41, 5.74) is 2.56. The summed E-state index contributed by atoms with van der Waals surface area (Å²) >= 11 is 3.45. The minimum absolute atomic E-state index is 0.159. The fourth-order valence-corrected chi connectivity index (χ4v) is 3.22. The summed E-state index contributed by atoms with van der Waals surface area (Å²) in [5.74, 6) is 1.09. The van der Waals surface area contributed by atoms with Crippen molar-refractivity contribution in [2.24, 2.45) is 7.05 Å². The second-order valence-electron chi connectivity index (χ2n) is 6.96. The molecule has 3 aromatic rings. The summed E-state index contributed by atoms with van der Waals surface area (Å²) in [6.45, 7) is 4.98. The van der Waals surface area contributed by atoms with Gasteiger partial charge in [0.2, 0.25) is 0 Å². The monoisotopic (exact) mass is 445 g/mol. The number of benzene rings is 1. The SMILES string of the molecule is CC(C)c1ccc(OCn2ccc(C(=O)N(C)Cc3c(Br)cnn3C)n2)cc1. The first-order valence-corrected chi connectivity index (χ1v) is 9.82. The summed E-state index contributed by atoms with van der Waals surface area (Å²) in [4.78, 5) is 14.3. The molecular formula is C20H24BrN5O2. The normalized spacial score (nSPS) is 11.1. The first-order chi connectivity index (χ1) is 13.3. The molecule has 0 spiro atoms. The minimum Gasteiger partial charge on any atom is -0.471 e. The van der Waals surface area contributed by atoms with Crippen LogP contribution in [0.2, 0.25) is 0 Å². The van der Waals surface area contributed by atoms with Crippen molar-refractivity contribution in [3.8, 4) is 5.75 Å². The number of hydrogen-bond donors (Lipinski definition) is 0. The first-order valence-electron chi connectivity index (χ1n) is 9.03. The Morgan fingerprint density at radius 1 is 1.25 bits per heavy atom. The second kappa shape index (κ2) is 8.60. The van der Waals surface area contributed by atoms with Gasteiger partial charge >= 0.3 is 0 Å². The summed E-state index contributed by atoms with van der Waals surface area (Å²) in [6, 6.07) is 9.71. The predicted octanol–water partition coefficient (Wildman–Crippen LogP) is 3.81. The van der Waals surface area contributed by atoms with Crippen LogP contribution in [0.3, 0.4) is 0 Å². The summed E-state index contributed by atoms with van der Waals surface area (Å²) in [5, 5.41) is 8.50. The molecule has 8 heteroatoms. The zero-order chi connectivity index (χ0) is 20.3. The van der Waals surface area contributed by atoms with Crippen molar-refractivity contribution in [2.45, 2.75) is 33.0 Å². The topological polar surface area (TPSA) is 65.2 Å². The molecule has 0 radical (unpaired) electrons. The van der Waals surface area contributed by atoms with Gasteiger partial charge in [0.25, 0.3) is 5.91 Å². The Balaban J connectivity index is 1.59. The number of rotatable bonds is 7. The van der Waals surface area contributed by atoms with Crippen molar-refractivity contribution < 1.29 is 9.53 Å². The van der Waals surface area contributed by atoms with Crippen LogP contribution >= 0.6 is 15.9 Å². The third-order valence-electron chi connectivity index (χ3n) is 4.51. The van der Waals surface area contributed by atoms with Gasteiger partial charge in [-0.2, -0.15) is 10.2 Å². The largest absolute Gasteiger partial charge is 0.471 e. The van der Waals surface area contributed by atoms with Crippen LogP contribution in [0.15, 0.2) is 47.2 Å². The molecule has 0 aliphatic heterocycles. The van der Waals surface area contributed by atoms with E-state index in [-0.39, 0.29) is 12.6 Å². The van der Waals surface area contributed by atoms with Crippen LogP contribution in [0.4, 0.5) is 0 Å². The molecule has 0 saturated heterocycles. The molecule has 2 heterocycles.